The van der Waals surface area contributed by atoms with Gasteiger partial charge >= 0.3 is 0 Å². The van der Waals surface area contributed by atoms with Gasteiger partial charge < -0.3 is 20.0 Å². The summed E-state index contributed by atoms with van der Waals surface area (Å²) in [4.78, 5) is 25.9. The summed E-state index contributed by atoms with van der Waals surface area (Å²) in [6.45, 7) is 3.28. The molecule has 1 saturated heterocycles. The van der Waals surface area contributed by atoms with Crippen LogP contribution < -0.4 is 10.6 Å². The van der Waals surface area contributed by atoms with Gasteiger partial charge in [0.1, 0.15) is 5.82 Å². The summed E-state index contributed by atoms with van der Waals surface area (Å²) in [5.74, 6) is 1.62. The largest absolute Gasteiger partial charge is 0.459 e. The van der Waals surface area contributed by atoms with E-state index in [1.807, 2.05) is 4.90 Å². The third kappa shape index (κ3) is 3.38. The quantitative estimate of drug-likeness (QED) is 0.889. The Labute approximate surface area is 153 Å². The Morgan fingerprint density at radius 2 is 1.81 bits per heavy atom. The number of anilines is 2. The Morgan fingerprint density at radius 3 is 2.54 bits per heavy atom. The van der Waals surface area contributed by atoms with Crippen LogP contribution >= 0.6 is 0 Å². The van der Waals surface area contributed by atoms with Crippen LogP contribution in [0.25, 0.3) is 0 Å². The molecule has 4 heterocycles. The zero-order valence-corrected chi connectivity index (χ0v) is 15.0. The lowest BCUT2D eigenvalue weighted by Gasteiger charge is -2.25. The van der Waals surface area contributed by atoms with E-state index in [9.17, 15) is 4.79 Å². The molecule has 0 atom stereocenters. The number of nitrogen functional groups attached to an aromatic ring is 1. The van der Waals surface area contributed by atoms with E-state index in [4.69, 9.17) is 10.2 Å². The number of nitrogens with two attached hydrogens (primary N) is 1. The molecule has 0 radical (unpaired) electrons. The molecular weight excluding hydrogens is 330 g/mol. The van der Waals surface area contributed by atoms with Crippen molar-refractivity contribution in [2.75, 3.05) is 36.8 Å². The third-order valence-electron chi connectivity index (χ3n) is 5.26. The summed E-state index contributed by atoms with van der Waals surface area (Å²) >= 11 is 0. The standard InChI is InChI=1S/C19H25N5O2/c20-19-21-15-8-12-24(18(25)16-6-5-13-26-16)11-7-14(15)17(22-19)23-9-3-1-2-4-10-23/h5-6,13H,1-4,7-12H2,(H2,20,21,22). The maximum absolute atomic E-state index is 12.6. The minimum atomic E-state index is -0.0694. The van der Waals surface area contributed by atoms with Crippen LogP contribution in [0.2, 0.25) is 0 Å². The van der Waals surface area contributed by atoms with Crippen LogP contribution in [0.3, 0.4) is 0 Å². The first-order chi connectivity index (χ1) is 12.7. The molecule has 0 unspecified atom stereocenters. The van der Waals surface area contributed by atoms with Gasteiger partial charge in [-0.05, 0) is 31.4 Å². The van der Waals surface area contributed by atoms with Gasteiger partial charge in [-0.2, -0.15) is 4.98 Å². The maximum Gasteiger partial charge on any atom is 0.289 e. The fraction of sp³-hybridized carbons (Fsp3) is 0.526. The molecule has 26 heavy (non-hydrogen) atoms. The summed E-state index contributed by atoms with van der Waals surface area (Å²) in [5, 5.41) is 0. The van der Waals surface area contributed by atoms with E-state index in [0.29, 0.717) is 31.2 Å². The van der Waals surface area contributed by atoms with Crippen LogP contribution in [-0.4, -0.2) is 47.0 Å². The highest BCUT2D eigenvalue weighted by Crippen LogP contribution is 2.28. The highest BCUT2D eigenvalue weighted by Gasteiger charge is 2.26. The molecule has 0 aromatic carbocycles. The van der Waals surface area contributed by atoms with Crippen LogP contribution in [0.15, 0.2) is 22.8 Å². The summed E-state index contributed by atoms with van der Waals surface area (Å²) in [6, 6.07) is 3.45. The minimum Gasteiger partial charge on any atom is -0.459 e. The lowest BCUT2D eigenvalue weighted by molar-refractivity contribution is 0.0731. The van der Waals surface area contributed by atoms with Crippen molar-refractivity contribution in [1.29, 1.82) is 0 Å². The number of fused-ring (bicyclic) bond motifs is 1. The Morgan fingerprint density at radius 1 is 1.04 bits per heavy atom. The number of furan rings is 1. The fourth-order valence-corrected chi connectivity index (χ4v) is 3.90. The Kier molecular flexibility index (Phi) is 4.77. The number of rotatable bonds is 2. The van der Waals surface area contributed by atoms with Gasteiger partial charge in [-0.1, -0.05) is 12.8 Å². The van der Waals surface area contributed by atoms with Gasteiger partial charge in [0.05, 0.1) is 12.0 Å². The summed E-state index contributed by atoms with van der Waals surface area (Å²) in [6.07, 6.45) is 7.87. The molecule has 0 bridgehead atoms. The zero-order chi connectivity index (χ0) is 17.9. The molecule has 7 heteroatoms. The number of carbonyl (C=O) groups is 1. The van der Waals surface area contributed by atoms with Crippen LogP contribution in [0, 0.1) is 0 Å². The first kappa shape index (κ1) is 16.9. The van der Waals surface area contributed by atoms with Crippen LogP contribution in [0.4, 0.5) is 11.8 Å². The Bertz CT molecular complexity index is 766. The van der Waals surface area contributed by atoms with E-state index >= 15 is 0 Å². The van der Waals surface area contributed by atoms with Crippen molar-refractivity contribution in [3.63, 3.8) is 0 Å². The molecule has 0 aliphatic carbocycles. The van der Waals surface area contributed by atoms with Crippen molar-refractivity contribution in [1.82, 2.24) is 14.9 Å². The molecule has 0 spiro atoms. The van der Waals surface area contributed by atoms with E-state index < -0.39 is 0 Å². The fourth-order valence-electron chi connectivity index (χ4n) is 3.90. The van der Waals surface area contributed by atoms with Gasteiger partial charge in [0.15, 0.2) is 5.76 Å². The molecule has 4 rings (SSSR count). The molecule has 2 N–H and O–H groups in total. The van der Waals surface area contributed by atoms with Crippen molar-refractivity contribution >= 4 is 17.7 Å². The molecule has 2 aromatic heterocycles. The smallest absolute Gasteiger partial charge is 0.289 e. The van der Waals surface area contributed by atoms with Gasteiger partial charge in [-0.3, -0.25) is 4.79 Å². The number of hydrogen-bond donors (Lipinski definition) is 1. The number of carbonyl (C=O) groups excluding carboxylic acids is 1. The van der Waals surface area contributed by atoms with E-state index in [1.54, 1.807) is 12.1 Å². The van der Waals surface area contributed by atoms with Crippen molar-refractivity contribution in [2.24, 2.45) is 0 Å². The van der Waals surface area contributed by atoms with Crippen LogP contribution in [0.1, 0.15) is 47.5 Å². The topological polar surface area (TPSA) is 88.5 Å². The molecule has 7 nitrogen and oxygen atoms in total. The molecule has 0 saturated carbocycles. The van der Waals surface area contributed by atoms with Gasteiger partial charge in [0.2, 0.25) is 5.95 Å². The summed E-state index contributed by atoms with van der Waals surface area (Å²) in [5.41, 5.74) is 8.13. The lowest BCUT2D eigenvalue weighted by atomic mass is 10.1. The van der Waals surface area contributed by atoms with Gasteiger partial charge in [-0.15, -0.1) is 0 Å². The zero-order valence-electron chi connectivity index (χ0n) is 15.0. The average molecular weight is 355 g/mol. The highest BCUT2D eigenvalue weighted by atomic mass is 16.3. The predicted octanol–water partition coefficient (Wildman–Crippen LogP) is 2.27. The molecule has 1 fully saturated rings. The molecule has 2 aromatic rings. The van der Waals surface area contributed by atoms with E-state index in [-0.39, 0.29) is 5.91 Å². The maximum atomic E-state index is 12.6. The lowest BCUT2D eigenvalue weighted by Crippen LogP contribution is -2.33. The molecule has 1 amide bonds. The van der Waals surface area contributed by atoms with E-state index in [0.717, 1.165) is 36.6 Å². The van der Waals surface area contributed by atoms with Gasteiger partial charge in [0.25, 0.3) is 5.91 Å². The normalized spacial score (nSPS) is 18.2. The summed E-state index contributed by atoms with van der Waals surface area (Å²) in [7, 11) is 0. The first-order valence-corrected chi connectivity index (χ1v) is 9.45. The first-order valence-electron chi connectivity index (χ1n) is 9.45. The number of nitrogens with zero attached hydrogens (tertiary/aromatic N) is 4. The average Bonchev–Trinajstić information content (AvgIpc) is 2.92. The minimum absolute atomic E-state index is 0.0694. The Balaban J connectivity index is 1.59. The SMILES string of the molecule is Nc1nc2c(c(N3CCCCCC3)n1)CCN(C(=O)c1ccco1)CC2. The van der Waals surface area contributed by atoms with Crippen LogP contribution in [0.5, 0.6) is 0 Å². The second-order valence-electron chi connectivity index (χ2n) is 7.00. The van der Waals surface area contributed by atoms with Crippen molar-refractivity contribution < 1.29 is 9.21 Å². The highest BCUT2D eigenvalue weighted by molar-refractivity contribution is 5.91. The van der Waals surface area contributed by atoms with Crippen molar-refractivity contribution in [3.8, 4) is 0 Å². The third-order valence-corrected chi connectivity index (χ3v) is 5.26. The Hall–Kier alpha value is -2.57. The van der Waals surface area contributed by atoms with Gasteiger partial charge in [-0.25, -0.2) is 4.98 Å². The second kappa shape index (κ2) is 7.35. The number of hydrogen-bond acceptors (Lipinski definition) is 6. The predicted molar refractivity (Wildman–Crippen MR) is 99.1 cm³/mol. The van der Waals surface area contributed by atoms with Gasteiger partial charge in [0, 0.05) is 38.2 Å². The van der Waals surface area contributed by atoms with Crippen LogP contribution in [-0.2, 0) is 12.8 Å². The van der Waals surface area contributed by atoms with E-state index in [2.05, 4.69) is 14.9 Å². The molecule has 2 aliphatic rings. The van der Waals surface area contributed by atoms with Crippen molar-refractivity contribution in [3.05, 3.63) is 35.4 Å². The molecule has 138 valence electrons. The van der Waals surface area contributed by atoms with Crippen molar-refractivity contribution in [2.45, 2.75) is 38.5 Å². The molecule has 2 aliphatic heterocycles. The second-order valence-corrected chi connectivity index (χ2v) is 7.00. The van der Waals surface area contributed by atoms with E-state index in [1.165, 1.54) is 31.9 Å². The number of amides is 1. The summed E-state index contributed by atoms with van der Waals surface area (Å²) < 4.78 is 5.27. The number of aromatic nitrogens is 2. The molecular formula is C19H25N5O2. The monoisotopic (exact) mass is 355 g/mol.